The summed E-state index contributed by atoms with van der Waals surface area (Å²) >= 11 is 0. The average Bonchev–Trinajstić information content (AvgIpc) is 3.31. The number of hydrazone groups is 1. The highest BCUT2D eigenvalue weighted by molar-refractivity contribution is 6.01. The van der Waals surface area contributed by atoms with E-state index in [2.05, 4.69) is 45.1 Å². The van der Waals surface area contributed by atoms with Crippen molar-refractivity contribution in [2.45, 2.75) is 6.54 Å². The minimum atomic E-state index is -0.398. The van der Waals surface area contributed by atoms with Gasteiger partial charge in [0.15, 0.2) is 0 Å². The number of para-hydroxylation sites is 1. The van der Waals surface area contributed by atoms with Gasteiger partial charge >= 0.3 is 6.03 Å². The van der Waals surface area contributed by atoms with Crippen LogP contribution < -0.4 is 10.7 Å². The predicted octanol–water partition coefficient (Wildman–Crippen LogP) is 4.78. The fourth-order valence-corrected chi connectivity index (χ4v) is 3.03. The zero-order valence-electron chi connectivity index (χ0n) is 16.3. The number of carbonyl (C=O) groups excluding carboxylic acids is 1. The van der Waals surface area contributed by atoms with Crippen LogP contribution in [0.3, 0.4) is 0 Å². The Morgan fingerprint density at radius 2 is 1.53 bits per heavy atom. The van der Waals surface area contributed by atoms with E-state index in [0.717, 1.165) is 22.4 Å². The van der Waals surface area contributed by atoms with Crippen LogP contribution in [0, 0.1) is 0 Å². The molecule has 4 rings (SSSR count). The Morgan fingerprint density at radius 3 is 2.20 bits per heavy atom. The predicted molar refractivity (Wildman–Crippen MR) is 119 cm³/mol. The van der Waals surface area contributed by atoms with Crippen molar-refractivity contribution in [3.8, 4) is 11.1 Å². The molecule has 2 N–H and O–H groups in total. The molecule has 30 heavy (non-hydrogen) atoms. The van der Waals surface area contributed by atoms with Gasteiger partial charge in [-0.25, -0.2) is 15.2 Å². The van der Waals surface area contributed by atoms with Crippen LogP contribution in [0.4, 0.5) is 10.5 Å². The number of imidazole rings is 1. The van der Waals surface area contributed by atoms with Crippen LogP contribution in [0.5, 0.6) is 0 Å². The molecule has 0 atom stereocenters. The fourth-order valence-electron chi connectivity index (χ4n) is 3.03. The molecule has 1 aromatic heterocycles. The van der Waals surface area contributed by atoms with Gasteiger partial charge in [-0.3, -0.25) is 0 Å². The van der Waals surface area contributed by atoms with Crippen molar-refractivity contribution in [2.24, 2.45) is 5.10 Å². The highest BCUT2D eigenvalue weighted by atomic mass is 16.2. The minimum Gasteiger partial charge on any atom is -0.331 e. The Bertz CT molecular complexity index is 1110. The van der Waals surface area contributed by atoms with Crippen LogP contribution in [0.2, 0.25) is 0 Å². The molecule has 6 nitrogen and oxygen atoms in total. The van der Waals surface area contributed by atoms with Crippen LogP contribution in [-0.2, 0) is 6.54 Å². The molecule has 0 bridgehead atoms. The Balaban J connectivity index is 1.53. The number of hydrogen-bond donors (Lipinski definition) is 2. The molecule has 0 saturated carbocycles. The molecular weight excluding hydrogens is 374 g/mol. The van der Waals surface area contributed by atoms with Gasteiger partial charge in [-0.05, 0) is 28.8 Å². The first-order chi connectivity index (χ1) is 14.8. The fraction of sp³-hybridized carbons (Fsp3) is 0.0417. The van der Waals surface area contributed by atoms with Crippen molar-refractivity contribution in [1.82, 2.24) is 15.0 Å². The molecule has 1 heterocycles. The second-order valence-corrected chi connectivity index (χ2v) is 6.67. The molecule has 3 aromatic carbocycles. The van der Waals surface area contributed by atoms with Gasteiger partial charge in [0.05, 0.1) is 18.6 Å². The number of urea groups is 1. The third kappa shape index (κ3) is 4.99. The van der Waals surface area contributed by atoms with Crippen LogP contribution >= 0.6 is 0 Å². The highest BCUT2D eigenvalue weighted by Crippen LogP contribution is 2.19. The Labute approximate surface area is 174 Å². The van der Waals surface area contributed by atoms with Crippen molar-refractivity contribution in [3.63, 3.8) is 0 Å². The Kier molecular flexibility index (Phi) is 5.96. The third-order valence-electron chi connectivity index (χ3n) is 4.54. The molecule has 0 unspecified atom stereocenters. The molecule has 0 saturated heterocycles. The summed E-state index contributed by atoms with van der Waals surface area (Å²) in [4.78, 5) is 16.3. The molecule has 0 aliphatic rings. The molecule has 4 aromatic rings. The second-order valence-electron chi connectivity index (χ2n) is 6.67. The minimum absolute atomic E-state index is 0.398. The normalized spacial score (nSPS) is 11.1. The largest absolute Gasteiger partial charge is 0.339 e. The van der Waals surface area contributed by atoms with Gasteiger partial charge in [-0.15, -0.1) is 0 Å². The maximum atomic E-state index is 12.2. The zero-order valence-corrected chi connectivity index (χ0v) is 16.3. The van der Waals surface area contributed by atoms with Crippen molar-refractivity contribution < 1.29 is 4.79 Å². The lowest BCUT2D eigenvalue weighted by Crippen LogP contribution is -2.26. The van der Waals surface area contributed by atoms with Gasteiger partial charge in [0.25, 0.3) is 0 Å². The van der Waals surface area contributed by atoms with E-state index in [1.807, 2.05) is 71.4 Å². The average molecular weight is 395 g/mol. The van der Waals surface area contributed by atoms with E-state index < -0.39 is 6.03 Å². The zero-order chi connectivity index (χ0) is 20.6. The summed E-state index contributed by atoms with van der Waals surface area (Å²) in [5, 5.41) is 7.14. The molecule has 0 radical (unpaired) electrons. The van der Waals surface area contributed by atoms with Gasteiger partial charge < -0.3 is 9.88 Å². The SMILES string of the molecule is O=C(N/N=C(/Cn1ccnc1)c1ccc(-c2ccccc2)cc1)Nc1ccccc1. The van der Waals surface area contributed by atoms with E-state index >= 15 is 0 Å². The molecule has 0 aliphatic carbocycles. The number of nitrogens with zero attached hydrogens (tertiary/aromatic N) is 3. The number of benzene rings is 3. The van der Waals surface area contributed by atoms with E-state index in [-0.39, 0.29) is 0 Å². The van der Waals surface area contributed by atoms with Crippen molar-refractivity contribution in [1.29, 1.82) is 0 Å². The Morgan fingerprint density at radius 1 is 0.867 bits per heavy atom. The van der Waals surface area contributed by atoms with E-state index in [1.54, 1.807) is 12.5 Å². The highest BCUT2D eigenvalue weighted by Gasteiger charge is 2.08. The van der Waals surface area contributed by atoms with E-state index in [4.69, 9.17) is 0 Å². The monoisotopic (exact) mass is 395 g/mol. The van der Waals surface area contributed by atoms with Gasteiger partial charge in [0, 0.05) is 18.1 Å². The molecule has 2 amide bonds. The lowest BCUT2D eigenvalue weighted by Gasteiger charge is -2.10. The number of carbonyl (C=O) groups is 1. The molecule has 6 heteroatoms. The molecular formula is C24H21N5O. The van der Waals surface area contributed by atoms with Crippen LogP contribution in [0.25, 0.3) is 11.1 Å². The third-order valence-corrected chi connectivity index (χ3v) is 4.54. The van der Waals surface area contributed by atoms with Crippen molar-refractivity contribution in [2.75, 3.05) is 5.32 Å². The molecule has 0 aliphatic heterocycles. The van der Waals surface area contributed by atoms with Gasteiger partial charge in [-0.2, -0.15) is 5.10 Å². The molecule has 0 fully saturated rings. The van der Waals surface area contributed by atoms with E-state index in [9.17, 15) is 4.79 Å². The number of rotatable bonds is 6. The summed E-state index contributed by atoms with van der Waals surface area (Å²) in [5.41, 5.74) is 7.21. The van der Waals surface area contributed by atoms with Gasteiger partial charge in [0.2, 0.25) is 0 Å². The summed E-state index contributed by atoms with van der Waals surface area (Å²) in [6.07, 6.45) is 5.29. The van der Waals surface area contributed by atoms with Crippen LogP contribution in [0.1, 0.15) is 5.56 Å². The van der Waals surface area contributed by atoms with Gasteiger partial charge in [0.1, 0.15) is 0 Å². The number of anilines is 1. The number of hydrogen-bond acceptors (Lipinski definition) is 3. The number of amides is 2. The van der Waals surface area contributed by atoms with Crippen molar-refractivity contribution >= 4 is 17.4 Å². The Hall–Kier alpha value is -4.19. The standard InChI is InChI=1S/C24H21N5O/c30-24(26-22-9-5-2-6-10-22)28-27-23(17-29-16-15-25-18-29)21-13-11-20(12-14-21)19-7-3-1-4-8-19/h1-16,18H,17H2,(H2,26,28,30)/b27-23-. The summed E-state index contributed by atoms with van der Waals surface area (Å²) in [5.74, 6) is 0. The maximum Gasteiger partial charge on any atom is 0.339 e. The number of nitrogens with one attached hydrogen (secondary N) is 2. The van der Waals surface area contributed by atoms with E-state index in [1.165, 1.54) is 0 Å². The first-order valence-electron chi connectivity index (χ1n) is 9.58. The summed E-state index contributed by atoms with van der Waals surface area (Å²) in [7, 11) is 0. The molecule has 148 valence electrons. The topological polar surface area (TPSA) is 71.3 Å². The lowest BCUT2D eigenvalue weighted by atomic mass is 10.0. The smallest absolute Gasteiger partial charge is 0.331 e. The molecule has 0 spiro atoms. The van der Waals surface area contributed by atoms with Crippen molar-refractivity contribution in [3.05, 3.63) is 109 Å². The van der Waals surface area contributed by atoms with Gasteiger partial charge in [-0.1, -0.05) is 72.8 Å². The van der Waals surface area contributed by atoms with Crippen LogP contribution in [0.15, 0.2) is 109 Å². The maximum absolute atomic E-state index is 12.2. The second kappa shape index (κ2) is 9.34. The summed E-state index contributed by atoms with van der Waals surface area (Å²) < 4.78 is 1.90. The summed E-state index contributed by atoms with van der Waals surface area (Å²) in [6, 6.07) is 27.2. The first-order valence-corrected chi connectivity index (χ1v) is 9.58. The van der Waals surface area contributed by atoms with E-state index in [0.29, 0.717) is 12.2 Å². The quantitative estimate of drug-likeness (QED) is 0.364. The van der Waals surface area contributed by atoms with Crippen LogP contribution in [-0.4, -0.2) is 21.3 Å². The lowest BCUT2D eigenvalue weighted by molar-refractivity contribution is 0.252. The first kappa shape index (κ1) is 19.1. The number of aromatic nitrogens is 2. The summed E-state index contributed by atoms with van der Waals surface area (Å²) in [6.45, 7) is 0.482.